The van der Waals surface area contributed by atoms with Gasteiger partial charge < -0.3 is 4.74 Å². The summed E-state index contributed by atoms with van der Waals surface area (Å²) in [5.74, 6) is -2.01. The summed E-state index contributed by atoms with van der Waals surface area (Å²) in [6, 6.07) is 15.2. The Morgan fingerprint density at radius 3 is 2.65 bits per heavy atom. The Hall–Kier alpha value is -2.49. The van der Waals surface area contributed by atoms with Crippen LogP contribution in [0, 0.1) is 11.6 Å². The summed E-state index contributed by atoms with van der Waals surface area (Å²) >= 11 is 0. The maximum atomic E-state index is 13.4. The Morgan fingerprint density at radius 2 is 1.75 bits per heavy atom. The first kappa shape index (κ1) is 12.5. The van der Waals surface area contributed by atoms with Crippen molar-refractivity contribution in [3.05, 3.63) is 71.9 Å². The number of pyridine rings is 1. The average molecular weight is 271 g/mol. The molecule has 1 aromatic heterocycles. The van der Waals surface area contributed by atoms with E-state index in [1.807, 2.05) is 30.3 Å². The largest absolute Gasteiger partial charge is 0.484 e. The highest BCUT2D eigenvalue weighted by atomic mass is 19.2. The van der Waals surface area contributed by atoms with E-state index in [1.54, 1.807) is 6.07 Å². The molecule has 3 aromatic rings. The van der Waals surface area contributed by atoms with Gasteiger partial charge in [0.15, 0.2) is 11.6 Å². The fourth-order valence-electron chi connectivity index (χ4n) is 1.94. The summed E-state index contributed by atoms with van der Waals surface area (Å²) in [5, 5.41) is 1.02. The lowest BCUT2D eigenvalue weighted by molar-refractivity contribution is 0.281. The van der Waals surface area contributed by atoms with Gasteiger partial charge in [-0.3, -0.25) is 0 Å². The van der Waals surface area contributed by atoms with Crippen LogP contribution in [0.3, 0.4) is 0 Å². The molecule has 0 spiro atoms. The molecule has 0 bridgehead atoms. The maximum Gasteiger partial charge on any atom is 0.200 e. The van der Waals surface area contributed by atoms with Crippen molar-refractivity contribution in [2.24, 2.45) is 0 Å². The molecule has 3 rings (SSSR count). The molecular formula is C16H11F2NO. The van der Waals surface area contributed by atoms with Gasteiger partial charge in [-0.2, -0.15) is 4.39 Å². The molecule has 0 aliphatic heterocycles. The topological polar surface area (TPSA) is 22.1 Å². The second kappa shape index (κ2) is 5.25. The summed E-state index contributed by atoms with van der Waals surface area (Å²) in [5.41, 5.74) is 1.50. The Labute approximate surface area is 114 Å². The lowest BCUT2D eigenvalue weighted by atomic mass is 10.2. The van der Waals surface area contributed by atoms with Crippen LogP contribution in [0.25, 0.3) is 10.9 Å². The number of para-hydroxylation sites is 1. The summed E-state index contributed by atoms with van der Waals surface area (Å²) < 4.78 is 31.8. The van der Waals surface area contributed by atoms with Crippen LogP contribution >= 0.6 is 0 Å². The van der Waals surface area contributed by atoms with Gasteiger partial charge in [0.2, 0.25) is 5.82 Å². The van der Waals surface area contributed by atoms with E-state index in [0.717, 1.165) is 17.0 Å². The van der Waals surface area contributed by atoms with E-state index in [9.17, 15) is 8.78 Å². The van der Waals surface area contributed by atoms with Crippen molar-refractivity contribution in [3.63, 3.8) is 0 Å². The van der Waals surface area contributed by atoms with Gasteiger partial charge in [-0.15, -0.1) is 0 Å². The van der Waals surface area contributed by atoms with Crippen molar-refractivity contribution in [1.29, 1.82) is 0 Å². The van der Waals surface area contributed by atoms with E-state index in [4.69, 9.17) is 4.74 Å². The molecule has 0 N–H and O–H groups in total. The molecule has 20 heavy (non-hydrogen) atoms. The van der Waals surface area contributed by atoms with Crippen LogP contribution in [0.15, 0.2) is 54.6 Å². The van der Waals surface area contributed by atoms with Crippen LogP contribution < -0.4 is 4.74 Å². The van der Waals surface area contributed by atoms with E-state index in [-0.39, 0.29) is 12.4 Å². The Kier molecular flexibility index (Phi) is 3.29. The molecule has 0 atom stereocenters. The Morgan fingerprint density at radius 1 is 0.900 bits per heavy atom. The summed E-state index contributed by atoms with van der Waals surface area (Å²) in [6.07, 6.45) is 0. The smallest absolute Gasteiger partial charge is 0.200 e. The molecule has 0 radical (unpaired) electrons. The number of hydrogen-bond acceptors (Lipinski definition) is 2. The van der Waals surface area contributed by atoms with Crippen molar-refractivity contribution >= 4 is 10.9 Å². The van der Waals surface area contributed by atoms with E-state index in [2.05, 4.69) is 4.98 Å². The van der Waals surface area contributed by atoms with Crippen molar-refractivity contribution < 1.29 is 13.5 Å². The third-order valence-electron chi connectivity index (χ3n) is 2.95. The quantitative estimate of drug-likeness (QED) is 0.715. The number of nitrogens with zero attached hydrogens (tertiary/aromatic N) is 1. The molecule has 2 aromatic carbocycles. The van der Waals surface area contributed by atoms with Gasteiger partial charge >= 0.3 is 0 Å². The number of fused-ring (bicyclic) bond motifs is 1. The van der Waals surface area contributed by atoms with Crippen molar-refractivity contribution in [3.8, 4) is 5.75 Å². The molecule has 0 fully saturated rings. The number of benzene rings is 2. The molecule has 0 saturated carbocycles. The van der Waals surface area contributed by atoms with Gasteiger partial charge in [-0.05, 0) is 24.3 Å². The van der Waals surface area contributed by atoms with E-state index < -0.39 is 11.6 Å². The summed E-state index contributed by atoms with van der Waals surface area (Å²) in [4.78, 5) is 4.40. The average Bonchev–Trinajstić information content (AvgIpc) is 2.48. The fraction of sp³-hybridized carbons (Fsp3) is 0.0625. The Balaban J connectivity index is 1.81. The number of ether oxygens (including phenoxy) is 1. The Bertz CT molecular complexity index is 758. The number of aromatic nitrogens is 1. The molecule has 0 aliphatic rings. The maximum absolute atomic E-state index is 13.4. The minimum atomic E-state index is -0.978. The predicted molar refractivity (Wildman–Crippen MR) is 72.4 cm³/mol. The second-order valence-electron chi connectivity index (χ2n) is 4.34. The lowest BCUT2D eigenvalue weighted by Crippen LogP contribution is -2.00. The lowest BCUT2D eigenvalue weighted by Gasteiger charge is -2.07. The highest BCUT2D eigenvalue weighted by Crippen LogP contribution is 2.20. The monoisotopic (exact) mass is 271 g/mol. The van der Waals surface area contributed by atoms with Gasteiger partial charge in [0, 0.05) is 5.39 Å². The first-order valence-corrected chi connectivity index (χ1v) is 6.15. The molecule has 100 valence electrons. The number of rotatable bonds is 3. The van der Waals surface area contributed by atoms with E-state index >= 15 is 0 Å². The van der Waals surface area contributed by atoms with Gasteiger partial charge in [-0.1, -0.05) is 30.3 Å². The van der Waals surface area contributed by atoms with Gasteiger partial charge in [-0.25, -0.2) is 9.37 Å². The first-order chi connectivity index (χ1) is 9.74. The van der Waals surface area contributed by atoms with Gasteiger partial charge in [0.05, 0.1) is 11.2 Å². The third kappa shape index (κ3) is 2.45. The highest BCUT2D eigenvalue weighted by molar-refractivity contribution is 5.78. The number of hydrogen-bond donors (Lipinski definition) is 0. The zero-order valence-corrected chi connectivity index (χ0v) is 10.5. The molecule has 4 heteroatoms. The van der Waals surface area contributed by atoms with Crippen molar-refractivity contribution in [1.82, 2.24) is 4.98 Å². The molecule has 0 saturated heterocycles. The molecular weight excluding hydrogens is 260 g/mol. The predicted octanol–water partition coefficient (Wildman–Crippen LogP) is 4.09. The van der Waals surface area contributed by atoms with Crippen molar-refractivity contribution in [2.45, 2.75) is 6.61 Å². The molecule has 0 aliphatic carbocycles. The minimum Gasteiger partial charge on any atom is -0.484 e. The zero-order valence-electron chi connectivity index (χ0n) is 10.5. The van der Waals surface area contributed by atoms with Gasteiger partial charge in [0.1, 0.15) is 6.61 Å². The van der Waals surface area contributed by atoms with Crippen LogP contribution in [0.5, 0.6) is 5.75 Å². The second-order valence-corrected chi connectivity index (χ2v) is 4.34. The zero-order chi connectivity index (χ0) is 13.9. The van der Waals surface area contributed by atoms with Crippen LogP contribution in [-0.4, -0.2) is 4.98 Å². The van der Waals surface area contributed by atoms with Crippen LogP contribution in [0.1, 0.15) is 5.69 Å². The minimum absolute atomic E-state index is 0.0885. The summed E-state index contributed by atoms with van der Waals surface area (Å²) in [7, 11) is 0. The standard InChI is InChI=1S/C16H11F2NO/c17-13-5-3-7-15(16(13)18)20-10-12-9-8-11-4-1-2-6-14(11)19-12/h1-9H,10H2. The third-order valence-corrected chi connectivity index (χ3v) is 2.95. The van der Waals surface area contributed by atoms with Crippen LogP contribution in [0.2, 0.25) is 0 Å². The highest BCUT2D eigenvalue weighted by Gasteiger charge is 2.09. The van der Waals surface area contributed by atoms with Crippen molar-refractivity contribution in [2.75, 3.05) is 0 Å². The van der Waals surface area contributed by atoms with Crippen LogP contribution in [-0.2, 0) is 6.61 Å². The molecule has 0 unspecified atom stereocenters. The van der Waals surface area contributed by atoms with E-state index in [1.165, 1.54) is 12.1 Å². The molecule has 2 nitrogen and oxygen atoms in total. The van der Waals surface area contributed by atoms with E-state index in [0.29, 0.717) is 5.69 Å². The molecule has 1 heterocycles. The first-order valence-electron chi connectivity index (χ1n) is 6.15. The summed E-state index contributed by atoms with van der Waals surface area (Å²) in [6.45, 7) is 0.0885. The van der Waals surface area contributed by atoms with Crippen LogP contribution in [0.4, 0.5) is 8.78 Å². The SMILES string of the molecule is Fc1cccc(OCc2ccc3ccccc3n2)c1F. The molecule has 0 amide bonds. The number of halogens is 2. The van der Waals surface area contributed by atoms with Gasteiger partial charge in [0.25, 0.3) is 0 Å². The fourth-order valence-corrected chi connectivity index (χ4v) is 1.94. The normalized spacial score (nSPS) is 10.7.